The molecule has 0 spiro atoms. The van der Waals surface area contributed by atoms with Gasteiger partial charge in [-0.3, -0.25) is 14.5 Å². The number of ether oxygens (including phenoxy) is 2. The molecule has 3 aromatic rings. The number of fused-ring (bicyclic) bond motifs is 1. The van der Waals surface area contributed by atoms with Crippen LogP contribution in [0.3, 0.4) is 0 Å². The number of methoxy groups -OCH3 is 2. The van der Waals surface area contributed by atoms with Crippen molar-refractivity contribution in [3.05, 3.63) is 58.5 Å². The van der Waals surface area contributed by atoms with Gasteiger partial charge in [0.1, 0.15) is 17.2 Å². The van der Waals surface area contributed by atoms with Crippen molar-refractivity contribution in [2.75, 3.05) is 33.9 Å². The van der Waals surface area contributed by atoms with Crippen LogP contribution in [0.5, 0.6) is 11.5 Å². The van der Waals surface area contributed by atoms with Crippen LogP contribution in [0.15, 0.2) is 47.3 Å². The summed E-state index contributed by atoms with van der Waals surface area (Å²) in [5, 5.41) is 8.45. The highest BCUT2D eigenvalue weighted by molar-refractivity contribution is 6.04. The van der Waals surface area contributed by atoms with E-state index < -0.39 is 0 Å². The average Bonchev–Trinajstić information content (AvgIpc) is 3.30. The lowest BCUT2D eigenvalue weighted by Crippen LogP contribution is -2.40. The van der Waals surface area contributed by atoms with E-state index in [1.54, 1.807) is 49.6 Å². The third-order valence-corrected chi connectivity index (χ3v) is 6.04. The zero-order valence-corrected chi connectivity index (χ0v) is 18.6. The standard InChI is InChI=1S/C24H28N4O4/c1-4-27-13-7-8-16(27)15-25-23(29)22-18-9-5-6-10-19(18)24(30)28(26-22)20-12-11-17(31-2)14-21(20)32-3/h5-6,9-12,14,16H,4,7-8,13,15H2,1-3H3,(H,25,29)/t16-/m1/s1. The Hall–Kier alpha value is -3.39. The first-order chi connectivity index (χ1) is 15.6. The topological polar surface area (TPSA) is 85.7 Å². The van der Waals surface area contributed by atoms with Gasteiger partial charge in [0.2, 0.25) is 0 Å². The minimum Gasteiger partial charge on any atom is -0.497 e. The quantitative estimate of drug-likeness (QED) is 0.613. The van der Waals surface area contributed by atoms with Crippen LogP contribution in [-0.4, -0.2) is 60.5 Å². The molecule has 8 nitrogen and oxygen atoms in total. The molecule has 1 atom stereocenters. The zero-order chi connectivity index (χ0) is 22.7. The number of likely N-dealkylation sites (tertiary alicyclic amines) is 1. The Morgan fingerprint density at radius 2 is 1.94 bits per heavy atom. The number of hydrogen-bond acceptors (Lipinski definition) is 6. The van der Waals surface area contributed by atoms with E-state index in [-0.39, 0.29) is 17.2 Å². The number of nitrogens with zero attached hydrogens (tertiary/aromatic N) is 3. The summed E-state index contributed by atoms with van der Waals surface area (Å²) in [7, 11) is 3.07. The van der Waals surface area contributed by atoms with E-state index in [0.29, 0.717) is 40.5 Å². The smallest absolute Gasteiger partial charge is 0.279 e. The fourth-order valence-corrected chi connectivity index (χ4v) is 4.32. The first-order valence-electron chi connectivity index (χ1n) is 10.8. The molecule has 0 radical (unpaired) electrons. The summed E-state index contributed by atoms with van der Waals surface area (Å²) in [5.41, 5.74) is 0.318. The number of amides is 1. The molecule has 1 aromatic heterocycles. The number of nitrogens with one attached hydrogen (secondary N) is 1. The Bertz CT molecular complexity index is 1190. The van der Waals surface area contributed by atoms with Gasteiger partial charge < -0.3 is 14.8 Å². The van der Waals surface area contributed by atoms with Crippen molar-refractivity contribution in [1.82, 2.24) is 20.0 Å². The molecule has 0 saturated carbocycles. The Labute approximate surface area is 186 Å². The molecule has 2 aromatic carbocycles. The van der Waals surface area contributed by atoms with Gasteiger partial charge in [-0.05, 0) is 44.1 Å². The monoisotopic (exact) mass is 436 g/mol. The Morgan fingerprint density at radius 3 is 2.66 bits per heavy atom. The molecule has 1 aliphatic rings. The van der Waals surface area contributed by atoms with E-state index in [1.807, 2.05) is 0 Å². The van der Waals surface area contributed by atoms with Gasteiger partial charge >= 0.3 is 0 Å². The van der Waals surface area contributed by atoms with Gasteiger partial charge in [-0.25, -0.2) is 0 Å². The fourth-order valence-electron chi connectivity index (χ4n) is 4.32. The first-order valence-corrected chi connectivity index (χ1v) is 10.8. The van der Waals surface area contributed by atoms with Crippen LogP contribution >= 0.6 is 0 Å². The van der Waals surface area contributed by atoms with E-state index >= 15 is 0 Å². The van der Waals surface area contributed by atoms with Crippen molar-refractivity contribution in [2.24, 2.45) is 0 Å². The third-order valence-electron chi connectivity index (χ3n) is 6.04. The third kappa shape index (κ3) is 4.05. The van der Waals surface area contributed by atoms with E-state index in [1.165, 1.54) is 11.8 Å². The van der Waals surface area contributed by atoms with Gasteiger partial charge in [0.05, 0.1) is 19.6 Å². The van der Waals surface area contributed by atoms with Crippen LogP contribution in [0.1, 0.15) is 30.3 Å². The summed E-state index contributed by atoms with van der Waals surface area (Å²) in [6.45, 7) is 4.70. The predicted molar refractivity (Wildman–Crippen MR) is 123 cm³/mol. The Morgan fingerprint density at radius 1 is 1.16 bits per heavy atom. The summed E-state index contributed by atoms with van der Waals surface area (Å²) in [5.74, 6) is 0.713. The SMILES string of the molecule is CCN1CCC[C@@H]1CNC(=O)c1nn(-c2ccc(OC)cc2OC)c(=O)c2ccccc12. The molecule has 168 valence electrons. The second-order valence-corrected chi connectivity index (χ2v) is 7.78. The maximum atomic E-state index is 13.3. The number of carbonyl (C=O) groups excluding carboxylic acids is 1. The first kappa shape index (κ1) is 21.8. The molecule has 0 bridgehead atoms. The summed E-state index contributed by atoms with van der Waals surface area (Å²) < 4.78 is 11.9. The van der Waals surface area contributed by atoms with E-state index in [2.05, 4.69) is 22.2 Å². The number of likely N-dealkylation sites (N-methyl/N-ethyl adjacent to an activating group) is 1. The summed E-state index contributed by atoms with van der Waals surface area (Å²) in [6.07, 6.45) is 2.20. The Kier molecular flexibility index (Phi) is 6.41. The molecule has 1 aliphatic heterocycles. The molecule has 0 unspecified atom stereocenters. The number of hydrogen-bond donors (Lipinski definition) is 1. The molecule has 1 N–H and O–H groups in total. The zero-order valence-electron chi connectivity index (χ0n) is 18.6. The molecule has 0 aliphatic carbocycles. The average molecular weight is 437 g/mol. The Balaban J connectivity index is 1.76. The van der Waals surface area contributed by atoms with E-state index in [9.17, 15) is 9.59 Å². The molecule has 1 fully saturated rings. The van der Waals surface area contributed by atoms with Crippen molar-refractivity contribution < 1.29 is 14.3 Å². The second-order valence-electron chi connectivity index (χ2n) is 7.78. The van der Waals surface area contributed by atoms with Crippen molar-refractivity contribution in [1.29, 1.82) is 0 Å². The molecule has 8 heteroatoms. The van der Waals surface area contributed by atoms with Gasteiger partial charge in [-0.1, -0.05) is 25.1 Å². The van der Waals surface area contributed by atoms with Crippen LogP contribution in [0.2, 0.25) is 0 Å². The summed E-state index contributed by atoms with van der Waals surface area (Å²) in [6, 6.07) is 12.5. The van der Waals surface area contributed by atoms with Gasteiger partial charge in [-0.15, -0.1) is 0 Å². The molecule has 4 rings (SSSR count). The number of benzene rings is 2. The molecular weight excluding hydrogens is 408 g/mol. The van der Waals surface area contributed by atoms with Crippen molar-refractivity contribution >= 4 is 16.7 Å². The predicted octanol–water partition coefficient (Wildman–Crippen LogP) is 2.62. The van der Waals surface area contributed by atoms with Crippen LogP contribution in [0.4, 0.5) is 0 Å². The normalized spacial score (nSPS) is 16.3. The highest BCUT2D eigenvalue weighted by atomic mass is 16.5. The van der Waals surface area contributed by atoms with E-state index in [4.69, 9.17) is 9.47 Å². The number of rotatable bonds is 7. The van der Waals surface area contributed by atoms with Gasteiger partial charge in [0.15, 0.2) is 5.69 Å². The van der Waals surface area contributed by atoms with Gasteiger partial charge in [-0.2, -0.15) is 9.78 Å². The highest BCUT2D eigenvalue weighted by Crippen LogP contribution is 2.27. The van der Waals surface area contributed by atoms with Crippen LogP contribution in [0.25, 0.3) is 16.5 Å². The summed E-state index contributed by atoms with van der Waals surface area (Å²) in [4.78, 5) is 28.8. The van der Waals surface area contributed by atoms with Gasteiger partial charge in [0.25, 0.3) is 11.5 Å². The molecule has 32 heavy (non-hydrogen) atoms. The van der Waals surface area contributed by atoms with Crippen molar-refractivity contribution in [3.63, 3.8) is 0 Å². The number of aromatic nitrogens is 2. The van der Waals surface area contributed by atoms with Crippen LogP contribution in [-0.2, 0) is 0 Å². The minimum atomic E-state index is -0.325. The molecule has 1 saturated heterocycles. The number of carbonyl (C=O) groups is 1. The van der Waals surface area contributed by atoms with Crippen LogP contribution < -0.4 is 20.3 Å². The van der Waals surface area contributed by atoms with Crippen molar-refractivity contribution in [3.8, 4) is 17.2 Å². The van der Waals surface area contributed by atoms with Crippen LogP contribution in [0, 0.1) is 0 Å². The molecule has 2 heterocycles. The lowest BCUT2D eigenvalue weighted by atomic mass is 10.1. The maximum absolute atomic E-state index is 13.3. The minimum absolute atomic E-state index is 0.208. The van der Waals surface area contributed by atoms with Crippen molar-refractivity contribution in [2.45, 2.75) is 25.8 Å². The molecular formula is C24H28N4O4. The van der Waals surface area contributed by atoms with Gasteiger partial charge in [0, 0.05) is 24.0 Å². The molecule has 1 amide bonds. The largest absolute Gasteiger partial charge is 0.497 e. The lowest BCUT2D eigenvalue weighted by Gasteiger charge is -2.23. The highest BCUT2D eigenvalue weighted by Gasteiger charge is 2.25. The summed E-state index contributed by atoms with van der Waals surface area (Å²) >= 11 is 0. The lowest BCUT2D eigenvalue weighted by molar-refractivity contribution is 0.0936. The second kappa shape index (κ2) is 9.40. The van der Waals surface area contributed by atoms with E-state index in [0.717, 1.165) is 25.9 Å². The fraction of sp³-hybridized carbons (Fsp3) is 0.375. The maximum Gasteiger partial charge on any atom is 0.279 e.